The van der Waals surface area contributed by atoms with E-state index in [4.69, 9.17) is 16.3 Å². The second-order valence-corrected chi connectivity index (χ2v) is 5.95. The van der Waals surface area contributed by atoms with Crippen LogP contribution in [-0.4, -0.2) is 53.6 Å². The number of halogens is 2. The molecule has 0 radical (unpaired) electrons. The molecule has 0 spiro atoms. The molecule has 1 heterocycles. The quantitative estimate of drug-likeness (QED) is 0.852. The summed E-state index contributed by atoms with van der Waals surface area (Å²) in [6.45, 7) is 2.12. The predicted octanol–water partition coefficient (Wildman–Crippen LogP) is 1.91. The summed E-state index contributed by atoms with van der Waals surface area (Å²) in [5, 5.41) is 19.8. The lowest BCUT2D eigenvalue weighted by molar-refractivity contribution is 0.0707. The number of aliphatic hydroxyl groups excluding tert-OH is 2. The number of benzene rings is 1. The van der Waals surface area contributed by atoms with Gasteiger partial charge >= 0.3 is 0 Å². The monoisotopic (exact) mass is 349 g/mol. The zero-order valence-corrected chi connectivity index (χ0v) is 12.8. The van der Waals surface area contributed by atoms with Crippen LogP contribution in [0.3, 0.4) is 0 Å². The minimum Gasteiger partial charge on any atom is -0.489 e. The van der Waals surface area contributed by atoms with Crippen LogP contribution in [0.25, 0.3) is 0 Å². The number of rotatable bonds is 5. The van der Waals surface area contributed by atoms with Gasteiger partial charge < -0.3 is 14.9 Å². The first kappa shape index (κ1) is 15.1. The third-order valence-electron chi connectivity index (χ3n) is 3.06. The fourth-order valence-corrected chi connectivity index (χ4v) is 2.64. The largest absolute Gasteiger partial charge is 0.489 e. The van der Waals surface area contributed by atoms with Gasteiger partial charge in [0, 0.05) is 24.1 Å². The molecule has 0 amide bonds. The van der Waals surface area contributed by atoms with Gasteiger partial charge in [-0.25, -0.2) is 0 Å². The Bertz CT molecular complexity index is 432. The standard InChI is InChI=1S/C13H17BrClNO3/c14-11-2-1-3-12(13(11)15)19-8-10(18)7-16-5-4-9(17)6-16/h1-3,9-10,17-18H,4-8H2. The topological polar surface area (TPSA) is 52.9 Å². The zero-order chi connectivity index (χ0) is 13.8. The summed E-state index contributed by atoms with van der Waals surface area (Å²) in [6, 6.07) is 5.42. The Kier molecular flexibility index (Phi) is 5.47. The molecule has 0 aliphatic carbocycles. The molecule has 2 rings (SSSR count). The van der Waals surface area contributed by atoms with Crippen LogP contribution in [0.4, 0.5) is 0 Å². The molecule has 2 unspecified atom stereocenters. The Labute approximate surface area is 126 Å². The van der Waals surface area contributed by atoms with E-state index in [2.05, 4.69) is 15.9 Å². The molecule has 6 heteroatoms. The Morgan fingerprint density at radius 1 is 1.53 bits per heavy atom. The number of hydrogen-bond acceptors (Lipinski definition) is 4. The maximum atomic E-state index is 9.91. The van der Waals surface area contributed by atoms with Crippen LogP contribution in [0.1, 0.15) is 6.42 Å². The SMILES string of the molecule is OC1CCN(CC(O)COc2cccc(Br)c2Cl)C1. The molecule has 0 bridgehead atoms. The van der Waals surface area contributed by atoms with Gasteiger partial charge in [0.2, 0.25) is 0 Å². The van der Waals surface area contributed by atoms with Gasteiger partial charge in [0.1, 0.15) is 18.5 Å². The molecule has 1 saturated heterocycles. The van der Waals surface area contributed by atoms with Crippen LogP contribution in [0.2, 0.25) is 5.02 Å². The fourth-order valence-electron chi connectivity index (χ4n) is 2.11. The normalized spacial score (nSPS) is 21.6. The molecule has 19 heavy (non-hydrogen) atoms. The van der Waals surface area contributed by atoms with Gasteiger partial charge in [-0.2, -0.15) is 0 Å². The predicted molar refractivity (Wildman–Crippen MR) is 77.7 cm³/mol. The molecule has 4 nitrogen and oxygen atoms in total. The second-order valence-electron chi connectivity index (χ2n) is 4.72. The first-order chi connectivity index (χ1) is 9.06. The Morgan fingerprint density at radius 3 is 3.00 bits per heavy atom. The van der Waals surface area contributed by atoms with Gasteiger partial charge in [-0.3, -0.25) is 4.90 Å². The highest BCUT2D eigenvalue weighted by Gasteiger charge is 2.22. The van der Waals surface area contributed by atoms with Crippen LogP contribution in [-0.2, 0) is 0 Å². The Hall–Kier alpha value is -0.330. The van der Waals surface area contributed by atoms with Crippen molar-refractivity contribution in [2.75, 3.05) is 26.2 Å². The lowest BCUT2D eigenvalue weighted by Gasteiger charge is -2.20. The van der Waals surface area contributed by atoms with Crippen molar-refractivity contribution in [3.63, 3.8) is 0 Å². The summed E-state index contributed by atoms with van der Waals surface area (Å²) < 4.78 is 6.28. The molecular formula is C13H17BrClNO3. The third kappa shape index (κ3) is 4.33. The van der Waals surface area contributed by atoms with Crippen LogP contribution >= 0.6 is 27.5 Å². The van der Waals surface area contributed by atoms with Crippen molar-refractivity contribution in [3.05, 3.63) is 27.7 Å². The van der Waals surface area contributed by atoms with Gasteiger partial charge in [0.15, 0.2) is 0 Å². The van der Waals surface area contributed by atoms with Gasteiger partial charge in [0.05, 0.1) is 11.1 Å². The van der Waals surface area contributed by atoms with Gasteiger partial charge in [-0.15, -0.1) is 0 Å². The summed E-state index contributed by atoms with van der Waals surface area (Å²) >= 11 is 9.39. The maximum absolute atomic E-state index is 9.91. The van der Waals surface area contributed by atoms with E-state index in [9.17, 15) is 10.2 Å². The van der Waals surface area contributed by atoms with E-state index in [1.54, 1.807) is 6.07 Å². The Balaban J connectivity index is 1.80. The van der Waals surface area contributed by atoms with Gasteiger partial charge in [-0.05, 0) is 34.5 Å². The Morgan fingerprint density at radius 2 is 2.32 bits per heavy atom. The van der Waals surface area contributed by atoms with Crippen LogP contribution < -0.4 is 4.74 Å². The lowest BCUT2D eigenvalue weighted by atomic mass is 10.3. The van der Waals surface area contributed by atoms with Crippen LogP contribution in [0.15, 0.2) is 22.7 Å². The van der Waals surface area contributed by atoms with Gasteiger partial charge in [0.25, 0.3) is 0 Å². The highest BCUT2D eigenvalue weighted by Crippen LogP contribution is 2.31. The van der Waals surface area contributed by atoms with E-state index >= 15 is 0 Å². The summed E-state index contributed by atoms with van der Waals surface area (Å²) in [6.07, 6.45) is -0.0987. The number of aliphatic hydroxyl groups is 2. The van der Waals surface area contributed by atoms with Crippen molar-refractivity contribution >= 4 is 27.5 Å². The zero-order valence-electron chi connectivity index (χ0n) is 10.4. The first-order valence-corrected chi connectivity index (χ1v) is 7.38. The smallest absolute Gasteiger partial charge is 0.139 e. The average molecular weight is 351 g/mol. The molecule has 2 atom stereocenters. The van der Waals surface area contributed by atoms with E-state index in [-0.39, 0.29) is 12.7 Å². The minimum absolute atomic E-state index is 0.183. The molecule has 1 aromatic carbocycles. The maximum Gasteiger partial charge on any atom is 0.139 e. The van der Waals surface area contributed by atoms with E-state index in [1.165, 1.54) is 0 Å². The summed E-state index contributed by atoms with van der Waals surface area (Å²) in [7, 11) is 0. The van der Waals surface area contributed by atoms with E-state index < -0.39 is 6.10 Å². The lowest BCUT2D eigenvalue weighted by Crippen LogP contribution is -2.34. The molecular weight excluding hydrogens is 334 g/mol. The molecule has 106 valence electrons. The molecule has 2 N–H and O–H groups in total. The van der Waals surface area contributed by atoms with E-state index in [1.807, 2.05) is 17.0 Å². The number of likely N-dealkylation sites (tertiary alicyclic amines) is 1. The second kappa shape index (κ2) is 6.90. The summed E-state index contributed by atoms with van der Waals surface area (Å²) in [5.41, 5.74) is 0. The molecule has 0 saturated carbocycles. The highest BCUT2D eigenvalue weighted by molar-refractivity contribution is 9.10. The molecule has 1 aromatic rings. The molecule has 1 aliphatic rings. The average Bonchev–Trinajstić information content (AvgIpc) is 2.76. The number of hydrogen-bond donors (Lipinski definition) is 2. The number of nitrogens with zero attached hydrogens (tertiary/aromatic N) is 1. The summed E-state index contributed by atoms with van der Waals surface area (Å²) in [5.74, 6) is 0.552. The number of ether oxygens (including phenoxy) is 1. The fraction of sp³-hybridized carbons (Fsp3) is 0.538. The highest BCUT2D eigenvalue weighted by atomic mass is 79.9. The van der Waals surface area contributed by atoms with E-state index in [0.717, 1.165) is 17.4 Å². The third-order valence-corrected chi connectivity index (χ3v) is 4.34. The van der Waals surface area contributed by atoms with E-state index in [0.29, 0.717) is 23.9 Å². The van der Waals surface area contributed by atoms with Crippen molar-refractivity contribution in [2.45, 2.75) is 18.6 Å². The number of β-amino-alcohol motifs (C(OH)–C–C–N with tert-alkyl or cyclic N) is 2. The first-order valence-electron chi connectivity index (χ1n) is 6.21. The minimum atomic E-state index is -0.597. The van der Waals surface area contributed by atoms with Crippen molar-refractivity contribution < 1.29 is 14.9 Å². The molecule has 1 aliphatic heterocycles. The van der Waals surface area contributed by atoms with Crippen molar-refractivity contribution in [3.8, 4) is 5.75 Å². The summed E-state index contributed by atoms with van der Waals surface area (Å²) in [4.78, 5) is 2.03. The van der Waals surface area contributed by atoms with Crippen molar-refractivity contribution in [1.29, 1.82) is 0 Å². The van der Waals surface area contributed by atoms with Crippen LogP contribution in [0.5, 0.6) is 5.75 Å². The van der Waals surface area contributed by atoms with Gasteiger partial charge in [-0.1, -0.05) is 17.7 Å². The molecule has 1 fully saturated rings. The van der Waals surface area contributed by atoms with Crippen molar-refractivity contribution in [2.24, 2.45) is 0 Å². The van der Waals surface area contributed by atoms with Crippen LogP contribution in [0, 0.1) is 0 Å². The van der Waals surface area contributed by atoms with Crippen molar-refractivity contribution in [1.82, 2.24) is 4.90 Å². The molecule has 0 aromatic heterocycles.